The van der Waals surface area contributed by atoms with Crippen LogP contribution in [0.5, 0.6) is 0 Å². The molecule has 0 aliphatic rings. The van der Waals surface area contributed by atoms with Gasteiger partial charge in [0.25, 0.3) is 0 Å². The van der Waals surface area contributed by atoms with E-state index in [2.05, 4.69) is 165 Å². The molecule has 0 saturated carbocycles. The second-order valence-corrected chi connectivity index (χ2v) is 26.7. The first-order valence-corrected chi connectivity index (χ1v) is 37.7. The summed E-state index contributed by atoms with van der Waals surface area (Å²) in [5.41, 5.74) is 0. The average molecular weight is 1240 g/mol. The van der Waals surface area contributed by atoms with Gasteiger partial charge in [-0.25, -0.2) is 4.57 Å². The number of unbranched alkanes of at least 4 members (excludes halogenated alkanes) is 28. The maximum absolute atomic E-state index is 13.1. The highest BCUT2D eigenvalue weighted by Crippen LogP contribution is 2.43. The third-order valence-electron chi connectivity index (χ3n) is 15.6. The lowest BCUT2D eigenvalue weighted by atomic mass is 10.0. The molecular weight excluding hydrogens is 1100 g/mol. The van der Waals surface area contributed by atoms with E-state index in [0.29, 0.717) is 30.3 Å². The number of carbonyl (C=O) groups is 1. The SMILES string of the molecule is CC/C=C\C/C=C\C/C=C\C/C=C\C/C=C\C/C=C\C/C=C\C/C=C\C/C=C\C/C=C\C/C=C\C/C=C\CCCCC(=O)NC(COP(=O)(O)OCC[N+](C)(C)C)C(O)CCCCCCCCCCCCCCCCCCCCCCCCCCCCC. The Labute approximate surface area is 544 Å². The van der Waals surface area contributed by atoms with Crippen LogP contribution in [0.3, 0.4) is 0 Å². The molecule has 88 heavy (non-hydrogen) atoms. The van der Waals surface area contributed by atoms with Crippen molar-refractivity contribution >= 4 is 13.7 Å². The summed E-state index contributed by atoms with van der Waals surface area (Å²) >= 11 is 0. The molecule has 3 atom stereocenters. The lowest BCUT2D eigenvalue weighted by Gasteiger charge is -2.26. The van der Waals surface area contributed by atoms with Crippen LogP contribution in [-0.4, -0.2) is 73.4 Å². The zero-order valence-corrected chi connectivity index (χ0v) is 58.6. The van der Waals surface area contributed by atoms with Crippen molar-refractivity contribution in [3.8, 4) is 0 Å². The Bertz CT molecular complexity index is 1950. The lowest BCUT2D eigenvalue weighted by Crippen LogP contribution is -2.46. The topological polar surface area (TPSA) is 105 Å². The summed E-state index contributed by atoms with van der Waals surface area (Å²) in [6, 6.07) is -0.797. The Morgan fingerprint density at radius 1 is 0.398 bits per heavy atom. The average Bonchev–Trinajstić information content (AvgIpc) is 3.70. The number of likely N-dealkylation sites (N-methyl/N-ethyl adjacent to an activating group) is 1. The Hall–Kier alpha value is -3.62. The van der Waals surface area contributed by atoms with E-state index in [4.69, 9.17) is 9.05 Å². The molecule has 8 nitrogen and oxygen atoms in total. The predicted octanol–water partition coefficient (Wildman–Crippen LogP) is 23.6. The van der Waals surface area contributed by atoms with Gasteiger partial charge in [0.05, 0.1) is 39.9 Å². The van der Waals surface area contributed by atoms with Crippen LogP contribution in [-0.2, 0) is 18.4 Å². The number of quaternary nitrogens is 1. The molecule has 3 unspecified atom stereocenters. The number of hydrogen-bond acceptors (Lipinski definition) is 5. The number of carbonyl (C=O) groups excluding carboxylic acids is 1. The molecule has 0 spiro atoms. The second-order valence-electron chi connectivity index (χ2n) is 25.2. The first kappa shape index (κ1) is 84.4. The smallest absolute Gasteiger partial charge is 0.391 e. The highest BCUT2D eigenvalue weighted by Gasteiger charge is 2.28. The summed E-state index contributed by atoms with van der Waals surface area (Å²) in [4.78, 5) is 23.5. The van der Waals surface area contributed by atoms with E-state index in [-0.39, 0.29) is 19.1 Å². The van der Waals surface area contributed by atoms with Gasteiger partial charge >= 0.3 is 7.82 Å². The van der Waals surface area contributed by atoms with E-state index in [1.54, 1.807) is 0 Å². The summed E-state index contributed by atoms with van der Waals surface area (Å²) < 4.78 is 23.9. The minimum atomic E-state index is -4.35. The van der Waals surface area contributed by atoms with Crippen LogP contribution in [0.25, 0.3) is 0 Å². The third-order valence-corrected chi connectivity index (χ3v) is 16.6. The highest BCUT2D eigenvalue weighted by atomic mass is 31.2. The molecule has 0 aliphatic heterocycles. The van der Waals surface area contributed by atoms with Crippen LogP contribution in [0, 0.1) is 0 Å². The number of allylic oxidation sites excluding steroid dienone is 24. The van der Waals surface area contributed by atoms with E-state index in [9.17, 15) is 19.4 Å². The van der Waals surface area contributed by atoms with Crippen LogP contribution < -0.4 is 5.32 Å². The number of aliphatic hydroxyl groups excluding tert-OH is 1. The first-order chi connectivity index (χ1) is 43.0. The van der Waals surface area contributed by atoms with Crippen LogP contribution >= 0.6 is 7.82 Å². The molecule has 3 N–H and O–H groups in total. The van der Waals surface area contributed by atoms with Gasteiger partial charge in [0.15, 0.2) is 0 Å². The lowest BCUT2D eigenvalue weighted by molar-refractivity contribution is -0.870. The molecule has 0 heterocycles. The maximum Gasteiger partial charge on any atom is 0.472 e. The predicted molar refractivity (Wildman–Crippen MR) is 387 cm³/mol. The monoisotopic (exact) mass is 1240 g/mol. The molecule has 0 aromatic heterocycles. The van der Waals surface area contributed by atoms with Crippen molar-refractivity contribution in [1.29, 1.82) is 0 Å². The zero-order chi connectivity index (χ0) is 64.1. The molecule has 0 aromatic carbocycles. The van der Waals surface area contributed by atoms with Gasteiger partial charge in [-0.05, 0) is 103 Å². The Balaban J connectivity index is 4.19. The normalized spacial score (nSPS) is 14.5. The molecule has 504 valence electrons. The molecule has 0 aromatic rings. The first-order valence-electron chi connectivity index (χ1n) is 36.2. The minimum absolute atomic E-state index is 0.0589. The summed E-state index contributed by atoms with van der Waals surface area (Å²) in [6.45, 7) is 4.76. The zero-order valence-electron chi connectivity index (χ0n) is 57.7. The quantitative estimate of drug-likeness (QED) is 0.0243. The van der Waals surface area contributed by atoms with Crippen molar-refractivity contribution in [2.75, 3.05) is 40.9 Å². The van der Waals surface area contributed by atoms with Crippen molar-refractivity contribution in [1.82, 2.24) is 5.32 Å². The maximum atomic E-state index is 13.1. The van der Waals surface area contributed by atoms with Gasteiger partial charge in [-0.2, -0.15) is 0 Å². The number of phosphoric acid groups is 1. The number of phosphoric ester groups is 1. The third kappa shape index (κ3) is 69.8. The van der Waals surface area contributed by atoms with Gasteiger partial charge in [-0.3, -0.25) is 13.8 Å². The summed E-state index contributed by atoms with van der Waals surface area (Å²) in [5, 5.41) is 14.1. The Morgan fingerprint density at radius 2 is 0.682 bits per heavy atom. The fourth-order valence-electron chi connectivity index (χ4n) is 10.0. The molecule has 0 radical (unpaired) electrons. The molecule has 0 aliphatic carbocycles. The molecule has 0 saturated heterocycles. The van der Waals surface area contributed by atoms with Crippen molar-refractivity contribution in [3.63, 3.8) is 0 Å². The van der Waals surface area contributed by atoms with Gasteiger partial charge in [0.2, 0.25) is 5.91 Å². The van der Waals surface area contributed by atoms with E-state index >= 15 is 0 Å². The fourth-order valence-corrected chi connectivity index (χ4v) is 10.8. The minimum Gasteiger partial charge on any atom is -0.391 e. The van der Waals surface area contributed by atoms with Crippen molar-refractivity contribution in [2.45, 2.75) is 309 Å². The molecule has 0 rings (SSSR count). The van der Waals surface area contributed by atoms with Gasteiger partial charge in [-0.15, -0.1) is 0 Å². The summed E-state index contributed by atoms with van der Waals surface area (Å²) in [5.74, 6) is -0.189. The van der Waals surface area contributed by atoms with Crippen molar-refractivity contribution in [3.05, 3.63) is 146 Å². The summed E-state index contributed by atoms with van der Waals surface area (Å²) in [7, 11) is 1.57. The molecule has 0 fully saturated rings. The number of hydrogen-bond donors (Lipinski definition) is 3. The van der Waals surface area contributed by atoms with Crippen LogP contribution in [0.15, 0.2) is 146 Å². The Kier molecular flexibility index (Phi) is 65.0. The van der Waals surface area contributed by atoms with Gasteiger partial charge in [-0.1, -0.05) is 333 Å². The van der Waals surface area contributed by atoms with E-state index < -0.39 is 20.0 Å². The van der Waals surface area contributed by atoms with E-state index in [1.807, 2.05) is 21.1 Å². The number of nitrogens with one attached hydrogen (secondary N) is 1. The van der Waals surface area contributed by atoms with E-state index in [1.165, 1.54) is 154 Å². The number of rotatable bonds is 65. The molecular formula is C79H138N2O6P+. The van der Waals surface area contributed by atoms with E-state index in [0.717, 1.165) is 109 Å². The molecule has 0 bridgehead atoms. The van der Waals surface area contributed by atoms with Gasteiger partial charge in [0.1, 0.15) is 13.2 Å². The standard InChI is InChI=1S/C79H137N2O6P/c1-6-8-10-12-14-16-18-20-22-24-26-28-30-32-34-35-36-37-38-39-40-41-42-43-44-45-47-49-51-53-55-57-59-61-63-65-67-69-71-73-79(83)80-77(76-87-88(84,85)86-75-74-81(3,4)5)78(82)72-70-68-66-64-62-60-58-56-54-52-50-48-46-33-31-29-27-25-23-21-19-17-15-13-11-9-7-2/h8,10,14,16,20,22,26,28,32,34,36-37,39-40,42-43,45,47,51,53,57,59,63,65,77-78,82H,6-7,9,11-13,15,17-19,21,23-25,27,29-31,33,35,38,41,44,46,48-50,52,54-56,58,60-62,64,66-76H2,1-5H3,(H-,80,83,84,85)/p+1/b10-8-,16-14-,22-20-,28-26-,34-32-,37-36-,40-39-,43-42-,47-45-,53-51-,59-57-,65-63-. The van der Waals surface area contributed by atoms with Gasteiger partial charge < -0.3 is 19.8 Å². The van der Waals surface area contributed by atoms with Crippen LogP contribution in [0.1, 0.15) is 296 Å². The van der Waals surface area contributed by atoms with Crippen LogP contribution in [0.2, 0.25) is 0 Å². The summed E-state index contributed by atoms with van der Waals surface area (Å²) in [6.07, 6.45) is 104. The Morgan fingerprint density at radius 3 is 0.977 bits per heavy atom. The molecule has 1 amide bonds. The second kappa shape index (κ2) is 67.8. The van der Waals surface area contributed by atoms with Crippen molar-refractivity contribution < 1.29 is 32.9 Å². The largest absolute Gasteiger partial charge is 0.472 e. The highest BCUT2D eigenvalue weighted by molar-refractivity contribution is 7.47. The fraction of sp³-hybridized carbons (Fsp3) is 0.684. The van der Waals surface area contributed by atoms with Gasteiger partial charge in [0, 0.05) is 6.42 Å². The number of amides is 1. The number of nitrogens with zero attached hydrogens (tertiary/aromatic N) is 1. The van der Waals surface area contributed by atoms with Crippen LogP contribution in [0.4, 0.5) is 0 Å². The van der Waals surface area contributed by atoms with Crippen molar-refractivity contribution in [2.24, 2.45) is 0 Å². The number of aliphatic hydroxyl groups is 1. The molecule has 9 heteroatoms.